The van der Waals surface area contributed by atoms with E-state index >= 15 is 0 Å². The van der Waals surface area contributed by atoms with Crippen LogP contribution in [0.4, 0.5) is 0 Å². The molecule has 0 radical (unpaired) electrons. The number of imide groups is 1. The lowest BCUT2D eigenvalue weighted by Gasteiger charge is -2.13. The first-order valence-electron chi connectivity index (χ1n) is 7.05. The summed E-state index contributed by atoms with van der Waals surface area (Å²) in [7, 11) is 0. The van der Waals surface area contributed by atoms with Gasteiger partial charge in [0.1, 0.15) is 6.61 Å². The fraction of sp³-hybridized carbons (Fsp3) is 0.400. The molecule has 2 aliphatic rings. The van der Waals surface area contributed by atoms with Gasteiger partial charge >= 0.3 is 5.97 Å². The molecule has 1 aromatic carbocycles. The number of carbonyl (C=O) groups excluding carboxylic acids is 3. The van der Waals surface area contributed by atoms with E-state index < -0.39 is 17.8 Å². The molecule has 7 nitrogen and oxygen atoms in total. The Morgan fingerprint density at radius 1 is 1.23 bits per heavy atom. The van der Waals surface area contributed by atoms with E-state index in [0.717, 1.165) is 12.8 Å². The second-order valence-corrected chi connectivity index (χ2v) is 5.06. The highest BCUT2D eigenvalue weighted by Gasteiger charge is 2.38. The van der Waals surface area contributed by atoms with Crippen LogP contribution in [-0.2, 0) is 19.1 Å². The average molecular weight is 305 g/mol. The Hall–Kier alpha value is -2.25. The van der Waals surface area contributed by atoms with Crippen LogP contribution in [-0.4, -0.2) is 48.8 Å². The summed E-state index contributed by atoms with van der Waals surface area (Å²) in [5, 5.41) is 0.475. The zero-order valence-corrected chi connectivity index (χ0v) is 11.8. The van der Waals surface area contributed by atoms with E-state index in [4.69, 9.17) is 14.3 Å². The molecule has 2 aliphatic heterocycles. The van der Waals surface area contributed by atoms with Crippen molar-refractivity contribution in [1.82, 2.24) is 5.06 Å². The van der Waals surface area contributed by atoms with Crippen molar-refractivity contribution in [2.45, 2.75) is 18.9 Å². The van der Waals surface area contributed by atoms with Crippen LogP contribution < -0.4 is 0 Å². The fourth-order valence-corrected chi connectivity index (χ4v) is 2.43. The molecule has 1 unspecified atom stereocenters. The fourth-order valence-electron chi connectivity index (χ4n) is 2.43. The molecule has 7 heteroatoms. The molecular formula is C15H15NO6. The van der Waals surface area contributed by atoms with E-state index in [1.54, 1.807) is 12.1 Å². The van der Waals surface area contributed by atoms with Gasteiger partial charge in [0, 0.05) is 6.61 Å². The van der Waals surface area contributed by atoms with Crippen molar-refractivity contribution in [3.63, 3.8) is 0 Å². The molecule has 0 saturated carbocycles. The Morgan fingerprint density at radius 3 is 2.50 bits per heavy atom. The maximum absolute atomic E-state index is 12.0. The second-order valence-electron chi connectivity index (χ2n) is 5.06. The second kappa shape index (κ2) is 6.25. The highest BCUT2D eigenvalue weighted by Crippen LogP contribution is 2.22. The van der Waals surface area contributed by atoms with Crippen molar-refractivity contribution in [2.75, 3.05) is 19.8 Å². The van der Waals surface area contributed by atoms with Crippen molar-refractivity contribution in [3.8, 4) is 0 Å². The number of hydroxylamine groups is 2. The quantitative estimate of drug-likeness (QED) is 0.753. The lowest BCUT2D eigenvalue weighted by Crippen LogP contribution is -2.34. The van der Waals surface area contributed by atoms with Crippen LogP contribution in [0.15, 0.2) is 24.3 Å². The van der Waals surface area contributed by atoms with Gasteiger partial charge in [0.15, 0.2) is 0 Å². The minimum absolute atomic E-state index is 0.00731. The summed E-state index contributed by atoms with van der Waals surface area (Å²) in [5.41, 5.74) is 0.446. The average Bonchev–Trinajstić information content (AvgIpc) is 3.11. The molecule has 1 fully saturated rings. The molecule has 0 aromatic heterocycles. The smallest absolute Gasteiger partial charge is 0.358 e. The normalized spacial score (nSPS) is 20.4. The predicted octanol–water partition coefficient (Wildman–Crippen LogP) is 0.936. The van der Waals surface area contributed by atoms with E-state index in [9.17, 15) is 14.4 Å². The molecule has 3 rings (SSSR count). The highest BCUT2D eigenvalue weighted by molar-refractivity contribution is 6.20. The van der Waals surface area contributed by atoms with Gasteiger partial charge in [-0.2, -0.15) is 0 Å². The van der Waals surface area contributed by atoms with Crippen LogP contribution in [0.3, 0.4) is 0 Å². The van der Waals surface area contributed by atoms with Crippen LogP contribution in [0.25, 0.3) is 0 Å². The predicted molar refractivity (Wildman–Crippen MR) is 72.8 cm³/mol. The molecule has 0 bridgehead atoms. The Balaban J connectivity index is 1.52. The van der Waals surface area contributed by atoms with Gasteiger partial charge in [-0.15, -0.1) is 0 Å². The first kappa shape index (κ1) is 14.7. The Morgan fingerprint density at radius 2 is 1.91 bits per heavy atom. The summed E-state index contributed by atoms with van der Waals surface area (Å²) in [6, 6.07) is 6.30. The van der Waals surface area contributed by atoms with Gasteiger partial charge in [0.2, 0.25) is 0 Å². The number of hydrogen-bond donors (Lipinski definition) is 0. The minimum Gasteiger partial charge on any atom is -0.376 e. The lowest BCUT2D eigenvalue weighted by molar-refractivity contribution is -0.174. The van der Waals surface area contributed by atoms with E-state index in [-0.39, 0.29) is 30.4 Å². The number of amides is 2. The number of hydrogen-bond acceptors (Lipinski definition) is 6. The molecule has 22 heavy (non-hydrogen) atoms. The topological polar surface area (TPSA) is 82.1 Å². The van der Waals surface area contributed by atoms with Crippen molar-refractivity contribution in [3.05, 3.63) is 35.4 Å². The largest absolute Gasteiger partial charge is 0.376 e. The molecule has 0 spiro atoms. The Bertz CT molecular complexity index is 573. The zero-order valence-electron chi connectivity index (χ0n) is 11.8. The number of ether oxygens (including phenoxy) is 2. The number of carbonyl (C=O) groups is 3. The molecule has 2 amide bonds. The SMILES string of the molecule is O=C(COCC1CCCO1)ON1C(=O)c2ccccc2C1=O. The number of nitrogens with zero attached hydrogens (tertiary/aromatic N) is 1. The lowest BCUT2D eigenvalue weighted by atomic mass is 10.1. The van der Waals surface area contributed by atoms with E-state index in [0.29, 0.717) is 11.7 Å². The number of rotatable bonds is 5. The molecule has 116 valence electrons. The van der Waals surface area contributed by atoms with Crippen molar-refractivity contribution < 1.29 is 28.7 Å². The van der Waals surface area contributed by atoms with E-state index in [1.165, 1.54) is 12.1 Å². The van der Waals surface area contributed by atoms with Crippen LogP contribution in [0.1, 0.15) is 33.6 Å². The van der Waals surface area contributed by atoms with Crippen molar-refractivity contribution in [1.29, 1.82) is 0 Å². The van der Waals surface area contributed by atoms with Gasteiger partial charge < -0.3 is 14.3 Å². The van der Waals surface area contributed by atoms with Crippen molar-refractivity contribution in [2.24, 2.45) is 0 Å². The third kappa shape index (κ3) is 2.86. The first-order chi connectivity index (χ1) is 10.7. The molecule has 2 heterocycles. The number of fused-ring (bicyclic) bond motifs is 1. The molecular weight excluding hydrogens is 290 g/mol. The monoisotopic (exact) mass is 305 g/mol. The van der Waals surface area contributed by atoms with Crippen LogP contribution in [0.5, 0.6) is 0 Å². The van der Waals surface area contributed by atoms with E-state index in [2.05, 4.69) is 0 Å². The van der Waals surface area contributed by atoms with Gasteiger partial charge in [-0.05, 0) is 25.0 Å². The minimum atomic E-state index is -0.799. The van der Waals surface area contributed by atoms with Gasteiger partial charge in [-0.25, -0.2) is 4.79 Å². The molecule has 0 aliphatic carbocycles. The summed E-state index contributed by atoms with van der Waals surface area (Å²) >= 11 is 0. The van der Waals surface area contributed by atoms with Gasteiger partial charge in [0.25, 0.3) is 11.8 Å². The van der Waals surface area contributed by atoms with Crippen LogP contribution in [0, 0.1) is 0 Å². The number of benzene rings is 1. The first-order valence-corrected chi connectivity index (χ1v) is 7.05. The molecule has 0 N–H and O–H groups in total. The van der Waals surface area contributed by atoms with Gasteiger partial charge in [-0.3, -0.25) is 9.59 Å². The molecule has 1 atom stereocenters. The Kier molecular flexibility index (Phi) is 4.17. The molecule has 1 aromatic rings. The van der Waals surface area contributed by atoms with E-state index in [1.807, 2.05) is 0 Å². The standard InChI is InChI=1S/C15H15NO6/c17-13(9-20-8-10-4-3-7-21-10)22-16-14(18)11-5-1-2-6-12(11)15(16)19/h1-2,5-6,10H,3-4,7-9H2. The summed E-state index contributed by atoms with van der Waals surface area (Å²) in [6.45, 7) is 0.651. The third-order valence-corrected chi connectivity index (χ3v) is 3.50. The van der Waals surface area contributed by atoms with Gasteiger partial charge in [-0.1, -0.05) is 17.2 Å². The third-order valence-electron chi connectivity index (χ3n) is 3.50. The van der Waals surface area contributed by atoms with Crippen LogP contribution in [0.2, 0.25) is 0 Å². The maximum Gasteiger partial charge on any atom is 0.358 e. The van der Waals surface area contributed by atoms with Crippen LogP contribution >= 0.6 is 0 Å². The summed E-state index contributed by atoms with van der Waals surface area (Å²) in [4.78, 5) is 40.5. The molecule has 1 saturated heterocycles. The highest BCUT2D eigenvalue weighted by atomic mass is 16.7. The maximum atomic E-state index is 12.0. The summed E-state index contributed by atoms with van der Waals surface area (Å²) in [5.74, 6) is -2.09. The summed E-state index contributed by atoms with van der Waals surface area (Å²) in [6.07, 6.45) is 1.87. The summed E-state index contributed by atoms with van der Waals surface area (Å²) < 4.78 is 10.5. The Labute approximate surface area is 126 Å². The van der Waals surface area contributed by atoms with Gasteiger partial charge in [0.05, 0.1) is 23.8 Å². The zero-order chi connectivity index (χ0) is 15.5. The van der Waals surface area contributed by atoms with Crippen molar-refractivity contribution >= 4 is 17.8 Å².